The van der Waals surface area contributed by atoms with E-state index in [0.29, 0.717) is 17.2 Å². The fourth-order valence-electron chi connectivity index (χ4n) is 3.84. The van der Waals surface area contributed by atoms with Crippen molar-refractivity contribution in [3.8, 4) is 11.1 Å². The number of carbonyl (C=O) groups is 2. The average molecular weight is 435 g/mol. The molecule has 0 bridgehead atoms. The Balaban J connectivity index is 1.50. The van der Waals surface area contributed by atoms with Crippen LogP contribution in [-0.4, -0.2) is 37.0 Å². The molecule has 160 valence electrons. The van der Waals surface area contributed by atoms with E-state index in [0.717, 1.165) is 46.6 Å². The third-order valence-electron chi connectivity index (χ3n) is 5.41. The SMILES string of the molecule is CCOC(=O)c1c(NC(=O)Cc2ccc(-c3ccccc3)cc2)sc2c1CCN(C)C2. The third kappa shape index (κ3) is 4.86. The van der Waals surface area contributed by atoms with Crippen LogP contribution in [0.15, 0.2) is 54.6 Å². The van der Waals surface area contributed by atoms with Gasteiger partial charge >= 0.3 is 5.97 Å². The highest BCUT2D eigenvalue weighted by Gasteiger charge is 2.28. The van der Waals surface area contributed by atoms with Gasteiger partial charge in [-0.3, -0.25) is 4.79 Å². The van der Waals surface area contributed by atoms with E-state index >= 15 is 0 Å². The molecule has 0 fully saturated rings. The first kappa shape index (κ1) is 21.3. The monoisotopic (exact) mass is 434 g/mol. The van der Waals surface area contributed by atoms with Crippen LogP contribution < -0.4 is 5.32 Å². The molecule has 0 saturated carbocycles. The molecule has 31 heavy (non-hydrogen) atoms. The van der Waals surface area contributed by atoms with Crippen LogP contribution in [-0.2, 0) is 28.9 Å². The van der Waals surface area contributed by atoms with Gasteiger partial charge in [-0.25, -0.2) is 4.79 Å². The molecule has 3 aromatic rings. The maximum Gasteiger partial charge on any atom is 0.341 e. The van der Waals surface area contributed by atoms with Crippen molar-refractivity contribution in [3.05, 3.63) is 76.2 Å². The predicted octanol–water partition coefficient (Wildman–Crippen LogP) is 4.76. The Morgan fingerprint density at radius 3 is 2.48 bits per heavy atom. The summed E-state index contributed by atoms with van der Waals surface area (Å²) in [4.78, 5) is 28.7. The number of carbonyl (C=O) groups excluding carboxylic acids is 2. The third-order valence-corrected chi connectivity index (χ3v) is 6.54. The topological polar surface area (TPSA) is 58.6 Å². The second-order valence-electron chi connectivity index (χ2n) is 7.70. The highest BCUT2D eigenvalue weighted by molar-refractivity contribution is 7.17. The Hall–Kier alpha value is -2.96. The van der Waals surface area contributed by atoms with Gasteiger partial charge in [-0.15, -0.1) is 11.3 Å². The van der Waals surface area contributed by atoms with Crippen molar-refractivity contribution in [3.63, 3.8) is 0 Å². The van der Waals surface area contributed by atoms with E-state index in [9.17, 15) is 9.59 Å². The summed E-state index contributed by atoms with van der Waals surface area (Å²) in [5, 5.41) is 3.58. The number of benzene rings is 2. The van der Waals surface area contributed by atoms with Gasteiger partial charge in [0.25, 0.3) is 0 Å². The first-order chi connectivity index (χ1) is 15.0. The molecular weight excluding hydrogens is 408 g/mol. The first-order valence-electron chi connectivity index (χ1n) is 10.5. The molecule has 1 amide bonds. The molecule has 1 aliphatic rings. The quantitative estimate of drug-likeness (QED) is 0.568. The fourth-order valence-corrected chi connectivity index (χ4v) is 5.17. The number of rotatable bonds is 6. The molecule has 2 aromatic carbocycles. The van der Waals surface area contributed by atoms with E-state index in [1.165, 1.54) is 11.3 Å². The molecule has 2 heterocycles. The Morgan fingerprint density at radius 2 is 1.77 bits per heavy atom. The van der Waals surface area contributed by atoms with Gasteiger partial charge in [0.15, 0.2) is 0 Å². The zero-order valence-corrected chi connectivity index (χ0v) is 18.6. The largest absolute Gasteiger partial charge is 0.462 e. The highest BCUT2D eigenvalue weighted by Crippen LogP contribution is 2.37. The molecule has 5 nitrogen and oxygen atoms in total. The molecule has 0 unspecified atom stereocenters. The van der Waals surface area contributed by atoms with Crippen LogP contribution in [0.5, 0.6) is 0 Å². The molecule has 6 heteroatoms. The van der Waals surface area contributed by atoms with E-state index < -0.39 is 0 Å². The average Bonchev–Trinajstić information content (AvgIpc) is 3.11. The van der Waals surface area contributed by atoms with E-state index in [1.807, 2.05) is 42.5 Å². The lowest BCUT2D eigenvalue weighted by Gasteiger charge is -2.22. The molecule has 0 spiro atoms. The second-order valence-corrected chi connectivity index (χ2v) is 8.81. The molecule has 0 saturated heterocycles. The highest BCUT2D eigenvalue weighted by atomic mass is 32.1. The van der Waals surface area contributed by atoms with Crippen molar-refractivity contribution in [1.82, 2.24) is 4.90 Å². The fraction of sp³-hybridized carbons (Fsp3) is 0.280. The molecule has 1 N–H and O–H groups in total. The van der Waals surface area contributed by atoms with Crippen LogP contribution in [0.25, 0.3) is 11.1 Å². The number of hydrogen-bond acceptors (Lipinski definition) is 5. The van der Waals surface area contributed by atoms with E-state index in [-0.39, 0.29) is 18.3 Å². The van der Waals surface area contributed by atoms with Crippen LogP contribution in [0.1, 0.15) is 33.3 Å². The molecule has 0 radical (unpaired) electrons. The van der Waals surface area contributed by atoms with Crippen molar-refractivity contribution in [2.24, 2.45) is 0 Å². The molecule has 1 aromatic heterocycles. The predicted molar refractivity (Wildman–Crippen MR) is 125 cm³/mol. The lowest BCUT2D eigenvalue weighted by molar-refractivity contribution is -0.115. The minimum atomic E-state index is -0.355. The van der Waals surface area contributed by atoms with E-state index in [2.05, 4.69) is 29.4 Å². The maximum atomic E-state index is 12.8. The number of likely N-dealkylation sites (N-methyl/N-ethyl adjacent to an activating group) is 1. The summed E-state index contributed by atoms with van der Waals surface area (Å²) in [6, 6.07) is 18.2. The number of amides is 1. The van der Waals surface area contributed by atoms with Crippen LogP contribution in [0.4, 0.5) is 5.00 Å². The minimum Gasteiger partial charge on any atom is -0.462 e. The van der Waals surface area contributed by atoms with Gasteiger partial charge in [0.2, 0.25) is 5.91 Å². The Bertz CT molecular complexity index is 1070. The number of nitrogens with zero attached hydrogens (tertiary/aromatic N) is 1. The van der Waals surface area contributed by atoms with Crippen LogP contribution in [0.2, 0.25) is 0 Å². The van der Waals surface area contributed by atoms with Crippen molar-refractivity contribution >= 4 is 28.2 Å². The van der Waals surface area contributed by atoms with Crippen molar-refractivity contribution in [2.45, 2.75) is 26.3 Å². The number of ether oxygens (including phenoxy) is 1. The Labute approximate surface area is 186 Å². The number of thiophene rings is 1. The minimum absolute atomic E-state index is 0.134. The van der Waals surface area contributed by atoms with Crippen molar-refractivity contribution < 1.29 is 14.3 Å². The van der Waals surface area contributed by atoms with Gasteiger partial charge in [-0.2, -0.15) is 0 Å². The smallest absolute Gasteiger partial charge is 0.341 e. The van der Waals surface area contributed by atoms with Gasteiger partial charge < -0.3 is 15.0 Å². The normalized spacial score (nSPS) is 13.5. The number of hydrogen-bond donors (Lipinski definition) is 1. The zero-order valence-electron chi connectivity index (χ0n) is 17.8. The summed E-state index contributed by atoms with van der Waals surface area (Å²) in [5.74, 6) is -0.489. The standard InChI is InChI=1S/C25H26N2O3S/c1-3-30-25(29)23-20-13-14-27(2)16-21(20)31-24(23)26-22(28)15-17-9-11-19(12-10-17)18-7-5-4-6-8-18/h4-12H,3,13-16H2,1-2H3,(H,26,28). The summed E-state index contributed by atoms with van der Waals surface area (Å²) >= 11 is 1.48. The maximum absolute atomic E-state index is 12.8. The van der Waals surface area contributed by atoms with Gasteiger partial charge in [-0.1, -0.05) is 54.6 Å². The second kappa shape index (κ2) is 9.45. The number of anilines is 1. The van der Waals surface area contributed by atoms with Gasteiger partial charge in [0.1, 0.15) is 5.00 Å². The number of nitrogens with one attached hydrogen (secondary N) is 1. The lowest BCUT2D eigenvalue weighted by Crippen LogP contribution is -2.26. The Kier molecular flexibility index (Phi) is 6.49. The van der Waals surface area contributed by atoms with Gasteiger partial charge in [0.05, 0.1) is 18.6 Å². The molecular formula is C25H26N2O3S. The first-order valence-corrected chi connectivity index (χ1v) is 11.3. The number of fused-ring (bicyclic) bond motifs is 1. The van der Waals surface area contributed by atoms with Crippen LogP contribution in [0.3, 0.4) is 0 Å². The summed E-state index contributed by atoms with van der Waals surface area (Å²) in [6.07, 6.45) is 1.03. The molecule has 4 rings (SSSR count). The summed E-state index contributed by atoms with van der Waals surface area (Å²) < 4.78 is 5.28. The van der Waals surface area contributed by atoms with Crippen LogP contribution >= 0.6 is 11.3 Å². The van der Waals surface area contributed by atoms with E-state index in [1.54, 1.807) is 6.92 Å². The molecule has 1 aliphatic heterocycles. The summed E-state index contributed by atoms with van der Waals surface area (Å²) in [7, 11) is 2.06. The van der Waals surface area contributed by atoms with Crippen molar-refractivity contribution in [1.29, 1.82) is 0 Å². The molecule has 0 aliphatic carbocycles. The van der Waals surface area contributed by atoms with Gasteiger partial charge in [0, 0.05) is 18.0 Å². The lowest BCUT2D eigenvalue weighted by atomic mass is 10.0. The molecule has 0 atom stereocenters. The van der Waals surface area contributed by atoms with Crippen molar-refractivity contribution in [2.75, 3.05) is 25.5 Å². The Morgan fingerprint density at radius 1 is 1.06 bits per heavy atom. The zero-order chi connectivity index (χ0) is 21.8. The van der Waals surface area contributed by atoms with E-state index in [4.69, 9.17) is 4.74 Å². The van der Waals surface area contributed by atoms with Gasteiger partial charge in [-0.05, 0) is 42.6 Å². The number of esters is 1. The van der Waals surface area contributed by atoms with Crippen LogP contribution in [0, 0.1) is 0 Å². The summed E-state index contributed by atoms with van der Waals surface area (Å²) in [6.45, 7) is 3.77. The summed E-state index contributed by atoms with van der Waals surface area (Å²) in [5.41, 5.74) is 4.74.